The zero-order valence-electron chi connectivity index (χ0n) is 19.3. The van der Waals surface area contributed by atoms with Crippen molar-refractivity contribution in [3.05, 3.63) is 42.5 Å². The van der Waals surface area contributed by atoms with Crippen LogP contribution in [0.3, 0.4) is 0 Å². The maximum Gasteiger partial charge on any atom is 0.328 e. The van der Waals surface area contributed by atoms with Gasteiger partial charge in [0.25, 0.3) is 0 Å². The normalized spacial score (nSPS) is 15.9. The van der Waals surface area contributed by atoms with Crippen molar-refractivity contribution in [1.29, 1.82) is 0 Å². The Bertz CT molecular complexity index is 899. The summed E-state index contributed by atoms with van der Waals surface area (Å²) in [6.07, 6.45) is 1.61. The molecule has 0 aliphatic carbocycles. The first-order chi connectivity index (χ1) is 15.5. The van der Waals surface area contributed by atoms with Crippen molar-refractivity contribution in [3.8, 4) is 0 Å². The van der Waals surface area contributed by atoms with Crippen LogP contribution in [0.15, 0.2) is 47.4 Å². The number of carboxylic acids is 2. The summed E-state index contributed by atoms with van der Waals surface area (Å²) in [7, 11) is -1.60. The third kappa shape index (κ3) is 9.22. The molecule has 2 rings (SSSR count). The lowest BCUT2D eigenvalue weighted by Crippen LogP contribution is -2.44. The highest BCUT2D eigenvalue weighted by molar-refractivity contribution is 7.92. The molecule has 1 atom stereocenters. The van der Waals surface area contributed by atoms with E-state index in [0.29, 0.717) is 36.6 Å². The molecule has 1 heterocycles. The zero-order chi connectivity index (χ0) is 25.0. The Balaban J connectivity index is 0.000000582. The van der Waals surface area contributed by atoms with Crippen molar-refractivity contribution in [2.24, 2.45) is 0 Å². The van der Waals surface area contributed by atoms with Crippen molar-refractivity contribution in [1.82, 2.24) is 14.7 Å². The average Bonchev–Trinajstić information content (AvgIpc) is 3.30. The molecule has 0 aromatic heterocycles. The Morgan fingerprint density at radius 3 is 2.06 bits per heavy atom. The van der Waals surface area contributed by atoms with Gasteiger partial charge in [-0.2, -0.15) is 0 Å². The molecule has 0 saturated carbocycles. The van der Waals surface area contributed by atoms with Crippen molar-refractivity contribution < 1.29 is 33.0 Å². The lowest BCUT2D eigenvalue weighted by molar-refractivity contribution is -0.134. The Morgan fingerprint density at radius 2 is 1.58 bits per heavy atom. The van der Waals surface area contributed by atoms with Crippen molar-refractivity contribution in [2.75, 3.05) is 46.3 Å². The predicted octanol–water partition coefficient (Wildman–Crippen LogP) is 1.64. The van der Waals surface area contributed by atoms with E-state index in [0.717, 1.165) is 19.6 Å². The number of urea groups is 1. The summed E-state index contributed by atoms with van der Waals surface area (Å²) in [6, 6.07) is 8.41. The summed E-state index contributed by atoms with van der Waals surface area (Å²) in [5, 5.41) is 15.1. The molecular formula is C22H33N3O7S. The summed E-state index contributed by atoms with van der Waals surface area (Å²) in [5.41, 5.74) is 0. The summed E-state index contributed by atoms with van der Waals surface area (Å²) >= 11 is 0. The number of hydrogen-bond donors (Lipinski definition) is 2. The van der Waals surface area contributed by atoms with Gasteiger partial charge in [0.2, 0.25) is 0 Å². The number of carboxylic acid groups (broad SMARTS) is 2. The summed E-state index contributed by atoms with van der Waals surface area (Å²) in [6.45, 7) is 8.35. The minimum Gasteiger partial charge on any atom is -0.478 e. The molecule has 1 aromatic rings. The van der Waals surface area contributed by atoms with E-state index in [1.54, 1.807) is 47.2 Å². The molecule has 1 saturated heterocycles. The molecule has 33 heavy (non-hydrogen) atoms. The number of benzene rings is 1. The van der Waals surface area contributed by atoms with Gasteiger partial charge in [-0.25, -0.2) is 22.8 Å². The van der Waals surface area contributed by atoms with Crippen LogP contribution in [0.25, 0.3) is 0 Å². The van der Waals surface area contributed by atoms with E-state index in [-0.39, 0.29) is 12.6 Å². The quantitative estimate of drug-likeness (QED) is 0.506. The topological polar surface area (TPSA) is 136 Å². The van der Waals surface area contributed by atoms with Crippen LogP contribution in [0.5, 0.6) is 0 Å². The van der Waals surface area contributed by atoms with Gasteiger partial charge in [-0.05, 0) is 31.6 Å². The predicted molar refractivity (Wildman–Crippen MR) is 124 cm³/mol. The molecule has 184 valence electrons. The van der Waals surface area contributed by atoms with Gasteiger partial charge in [0.15, 0.2) is 9.84 Å². The van der Waals surface area contributed by atoms with Crippen molar-refractivity contribution in [3.63, 3.8) is 0 Å². The first kappa shape index (κ1) is 28.1. The number of carbonyl (C=O) groups excluding carboxylic acids is 1. The Labute approximate surface area is 195 Å². The fourth-order valence-corrected chi connectivity index (χ4v) is 4.98. The molecule has 11 heteroatoms. The van der Waals surface area contributed by atoms with Gasteiger partial charge in [-0.3, -0.25) is 0 Å². The lowest BCUT2D eigenvalue weighted by Gasteiger charge is -2.27. The molecule has 1 aromatic carbocycles. The molecular weight excluding hydrogens is 450 g/mol. The number of likely N-dealkylation sites (N-methyl/N-ethyl adjacent to an activating group) is 2. The molecule has 1 aliphatic rings. The molecule has 10 nitrogen and oxygen atoms in total. The number of carbonyl (C=O) groups is 3. The second-order valence-corrected chi connectivity index (χ2v) is 9.68. The standard InChI is InChI=1S/C18H29N3O3S.C4H4O4/c1-4-20(5-2)14-13-19(3)18(22)21-12-11-17(15-21)25(23,24)16-9-7-6-8-10-16;5-3(6)1-2-4(7)8/h6-10,17H,4-5,11-15H2,1-3H3;1-2H,(H,5,6)(H,7,8)/b;2-1-. The molecule has 0 radical (unpaired) electrons. The molecule has 0 spiro atoms. The first-order valence-electron chi connectivity index (χ1n) is 10.7. The second kappa shape index (κ2) is 13.6. The van der Waals surface area contributed by atoms with Gasteiger partial charge in [0, 0.05) is 45.4 Å². The summed E-state index contributed by atoms with van der Waals surface area (Å²) in [5.74, 6) is -2.51. The van der Waals surface area contributed by atoms with Crippen LogP contribution in [0.2, 0.25) is 0 Å². The third-order valence-corrected chi connectivity index (χ3v) is 7.46. The third-order valence-electron chi connectivity index (χ3n) is 5.27. The Morgan fingerprint density at radius 1 is 1.03 bits per heavy atom. The van der Waals surface area contributed by atoms with Gasteiger partial charge >= 0.3 is 18.0 Å². The van der Waals surface area contributed by atoms with E-state index in [2.05, 4.69) is 18.7 Å². The number of rotatable bonds is 9. The Hall–Kier alpha value is -2.92. The van der Waals surface area contributed by atoms with E-state index in [4.69, 9.17) is 10.2 Å². The van der Waals surface area contributed by atoms with Gasteiger partial charge in [-0.1, -0.05) is 32.0 Å². The molecule has 1 unspecified atom stereocenters. The van der Waals surface area contributed by atoms with Crippen LogP contribution >= 0.6 is 0 Å². The van der Waals surface area contributed by atoms with Crippen LogP contribution in [0.4, 0.5) is 4.79 Å². The number of amides is 2. The maximum absolute atomic E-state index is 12.7. The fourth-order valence-electron chi connectivity index (χ4n) is 3.27. The summed E-state index contributed by atoms with van der Waals surface area (Å²) in [4.78, 5) is 37.6. The van der Waals surface area contributed by atoms with Gasteiger partial charge in [0.1, 0.15) is 0 Å². The second-order valence-electron chi connectivity index (χ2n) is 7.46. The largest absolute Gasteiger partial charge is 0.478 e. The van der Waals surface area contributed by atoms with Crippen LogP contribution in [-0.2, 0) is 19.4 Å². The summed E-state index contributed by atoms with van der Waals surface area (Å²) < 4.78 is 25.4. The first-order valence-corrected chi connectivity index (χ1v) is 12.2. The number of aliphatic carboxylic acids is 2. The van der Waals surface area contributed by atoms with E-state index in [9.17, 15) is 22.8 Å². The fraction of sp³-hybridized carbons (Fsp3) is 0.500. The van der Waals surface area contributed by atoms with Crippen LogP contribution in [-0.4, -0.2) is 103 Å². The van der Waals surface area contributed by atoms with Crippen LogP contribution in [0.1, 0.15) is 20.3 Å². The Kier molecular flexibility index (Phi) is 11.6. The maximum atomic E-state index is 12.7. The number of hydrogen-bond acceptors (Lipinski definition) is 6. The SMILES string of the molecule is CCN(CC)CCN(C)C(=O)N1CCC(S(=O)(=O)c2ccccc2)C1.O=C(O)/C=C\C(=O)O. The van der Waals surface area contributed by atoms with E-state index in [1.165, 1.54) is 0 Å². The minimum atomic E-state index is -3.39. The van der Waals surface area contributed by atoms with Crippen LogP contribution in [0, 0.1) is 0 Å². The zero-order valence-corrected chi connectivity index (χ0v) is 20.1. The lowest BCUT2D eigenvalue weighted by atomic mass is 10.4. The van der Waals surface area contributed by atoms with Crippen LogP contribution < -0.4 is 0 Å². The number of sulfone groups is 1. The number of nitrogens with zero attached hydrogens (tertiary/aromatic N) is 3. The van der Waals surface area contributed by atoms with E-state index in [1.807, 2.05) is 0 Å². The average molecular weight is 484 g/mol. The van der Waals surface area contributed by atoms with Crippen molar-refractivity contribution >= 4 is 27.8 Å². The van der Waals surface area contributed by atoms with Crippen molar-refractivity contribution in [2.45, 2.75) is 30.4 Å². The molecule has 0 bridgehead atoms. The molecule has 2 amide bonds. The molecule has 2 N–H and O–H groups in total. The van der Waals surface area contributed by atoms with Gasteiger partial charge < -0.3 is 24.9 Å². The van der Waals surface area contributed by atoms with Gasteiger partial charge in [-0.15, -0.1) is 0 Å². The minimum absolute atomic E-state index is 0.0853. The molecule has 1 aliphatic heterocycles. The molecule has 1 fully saturated rings. The van der Waals surface area contributed by atoms with E-state index < -0.39 is 27.0 Å². The smallest absolute Gasteiger partial charge is 0.328 e. The van der Waals surface area contributed by atoms with E-state index >= 15 is 0 Å². The highest BCUT2D eigenvalue weighted by atomic mass is 32.2. The number of likely N-dealkylation sites (tertiary alicyclic amines) is 1. The van der Waals surface area contributed by atoms with Gasteiger partial charge in [0.05, 0.1) is 10.1 Å². The highest BCUT2D eigenvalue weighted by Crippen LogP contribution is 2.24. The highest BCUT2D eigenvalue weighted by Gasteiger charge is 2.36. The monoisotopic (exact) mass is 483 g/mol.